The van der Waals surface area contributed by atoms with Crippen LogP contribution in [-0.2, 0) is 6.18 Å². The van der Waals surface area contributed by atoms with Gasteiger partial charge < -0.3 is 11.5 Å². The smallest absolute Gasteiger partial charge is 0.389 e. The van der Waals surface area contributed by atoms with Crippen molar-refractivity contribution >= 4 is 46.5 Å². The summed E-state index contributed by atoms with van der Waals surface area (Å²) in [5.41, 5.74) is 3.14. The molecular formula is C12H6Cl2F6N4S. The molecule has 0 spiro atoms. The molecule has 1 aromatic rings. The Hall–Kier alpha value is -1.77. The van der Waals surface area contributed by atoms with Crippen LogP contribution in [0.1, 0.15) is 5.56 Å². The summed E-state index contributed by atoms with van der Waals surface area (Å²) < 4.78 is 75.5. The Balaban J connectivity index is 3.45. The lowest BCUT2D eigenvalue weighted by Gasteiger charge is -2.12. The van der Waals surface area contributed by atoms with E-state index in [0.29, 0.717) is 12.1 Å². The van der Waals surface area contributed by atoms with Crippen molar-refractivity contribution in [2.75, 3.05) is 0 Å². The van der Waals surface area contributed by atoms with E-state index < -0.39 is 61.2 Å². The summed E-state index contributed by atoms with van der Waals surface area (Å²) >= 11 is 10.5. The summed E-state index contributed by atoms with van der Waals surface area (Å²) in [5.74, 6) is -0.884. The number of aliphatic imine (C=N–C) groups is 1. The summed E-state index contributed by atoms with van der Waals surface area (Å²) in [6.07, 6.45) is -4.75. The normalized spacial score (nSPS) is 14.1. The molecule has 0 aliphatic rings. The second kappa shape index (κ2) is 7.63. The molecule has 25 heavy (non-hydrogen) atoms. The minimum Gasteiger partial charge on any atom is -0.389 e. The highest BCUT2D eigenvalue weighted by Gasteiger charge is 2.34. The third-order valence-electron chi connectivity index (χ3n) is 2.39. The van der Waals surface area contributed by atoms with E-state index >= 15 is 0 Å². The number of allylic oxidation sites excluding steroid dienone is 1. The van der Waals surface area contributed by atoms with E-state index in [1.165, 1.54) is 6.07 Å². The highest BCUT2D eigenvalue weighted by molar-refractivity contribution is 8.04. The van der Waals surface area contributed by atoms with E-state index in [-0.39, 0.29) is 0 Å². The Bertz CT molecular complexity index is 756. The monoisotopic (exact) mass is 422 g/mol. The van der Waals surface area contributed by atoms with Crippen molar-refractivity contribution in [2.45, 2.75) is 11.7 Å². The number of alkyl halides is 6. The molecule has 0 radical (unpaired) electrons. The fourth-order valence-electron chi connectivity index (χ4n) is 1.42. The third-order valence-corrected chi connectivity index (χ3v) is 3.83. The van der Waals surface area contributed by atoms with Crippen LogP contribution in [0.2, 0.25) is 10.0 Å². The van der Waals surface area contributed by atoms with Crippen LogP contribution >= 0.6 is 35.0 Å². The fraction of sp³-hybridized carbons (Fsp3) is 0.167. The molecule has 0 heterocycles. The summed E-state index contributed by atoms with van der Waals surface area (Å²) in [5, 5.41) is 7.45. The molecule has 1 rings (SSSR count). The van der Waals surface area contributed by atoms with Crippen molar-refractivity contribution in [1.82, 2.24) is 0 Å². The second-order valence-corrected chi connectivity index (χ2v) is 6.08. The van der Waals surface area contributed by atoms with Crippen LogP contribution in [0.3, 0.4) is 0 Å². The topological polar surface area (TPSA) is 88.2 Å². The van der Waals surface area contributed by atoms with Crippen LogP contribution < -0.4 is 11.5 Å². The first-order chi connectivity index (χ1) is 11.3. The van der Waals surface area contributed by atoms with Gasteiger partial charge in [-0.3, -0.25) is 0 Å². The quantitative estimate of drug-likeness (QED) is 0.312. The number of rotatable bonds is 3. The molecule has 0 aliphatic heterocycles. The second-order valence-electron chi connectivity index (χ2n) is 4.19. The molecule has 0 bridgehead atoms. The molecule has 1 aromatic carbocycles. The van der Waals surface area contributed by atoms with Crippen LogP contribution in [0.25, 0.3) is 0 Å². The minimum atomic E-state index is -4.84. The van der Waals surface area contributed by atoms with E-state index in [2.05, 4.69) is 4.99 Å². The van der Waals surface area contributed by atoms with Crippen LogP contribution in [0.15, 0.2) is 27.7 Å². The molecule has 13 heteroatoms. The Morgan fingerprint density at radius 2 is 1.56 bits per heavy atom. The standard InChI is InChI=1S/C12H6Cl2F6N4S/c13-5-1-4(11(15,16)17)2-6(14)8(5)24-10(23)9(7(22)3-21)25-12(18,19)20/h1-2H,22H2,(H2,23,24). The van der Waals surface area contributed by atoms with E-state index in [9.17, 15) is 26.3 Å². The molecule has 0 fully saturated rings. The molecule has 0 saturated carbocycles. The van der Waals surface area contributed by atoms with E-state index in [1.807, 2.05) is 0 Å². The Morgan fingerprint density at radius 3 is 1.92 bits per heavy atom. The first kappa shape index (κ1) is 21.3. The van der Waals surface area contributed by atoms with Crippen molar-refractivity contribution in [3.05, 3.63) is 38.3 Å². The van der Waals surface area contributed by atoms with Gasteiger partial charge in [0.25, 0.3) is 0 Å². The molecular weight excluding hydrogens is 417 g/mol. The number of nitrogens with two attached hydrogens (primary N) is 2. The average molecular weight is 423 g/mol. The van der Waals surface area contributed by atoms with Gasteiger partial charge in [0.15, 0.2) is 0 Å². The van der Waals surface area contributed by atoms with Gasteiger partial charge in [-0.05, 0) is 23.9 Å². The Kier molecular flexibility index (Phi) is 6.50. The zero-order valence-electron chi connectivity index (χ0n) is 11.6. The number of nitrogens with zero attached hydrogens (tertiary/aromatic N) is 2. The summed E-state index contributed by atoms with van der Waals surface area (Å²) in [6.45, 7) is 0. The molecule has 0 aromatic heterocycles. The maximum absolute atomic E-state index is 12.6. The van der Waals surface area contributed by atoms with Crippen molar-refractivity contribution in [2.24, 2.45) is 16.5 Å². The SMILES string of the molecule is N#CC(N)=C(SC(F)(F)F)C(N)=Nc1c(Cl)cc(C(F)(F)F)cc1Cl. The van der Waals surface area contributed by atoms with Crippen LogP contribution in [0.5, 0.6) is 0 Å². The summed E-state index contributed by atoms with van der Waals surface area (Å²) in [4.78, 5) is 2.56. The van der Waals surface area contributed by atoms with Gasteiger partial charge in [-0.25, -0.2) is 4.99 Å². The van der Waals surface area contributed by atoms with Crippen molar-refractivity contribution in [1.29, 1.82) is 5.26 Å². The van der Waals surface area contributed by atoms with Gasteiger partial charge >= 0.3 is 11.7 Å². The number of hydrogen-bond donors (Lipinski definition) is 2. The van der Waals surface area contributed by atoms with E-state index in [0.717, 1.165) is 0 Å². The van der Waals surface area contributed by atoms with Gasteiger partial charge in [0.1, 0.15) is 23.3 Å². The predicted molar refractivity (Wildman–Crippen MR) is 83.2 cm³/mol. The van der Waals surface area contributed by atoms with Gasteiger partial charge in [-0.1, -0.05) is 23.2 Å². The highest BCUT2D eigenvalue weighted by Crippen LogP contribution is 2.41. The van der Waals surface area contributed by atoms with E-state index in [4.69, 9.17) is 39.9 Å². The van der Waals surface area contributed by atoms with E-state index in [1.54, 1.807) is 0 Å². The summed E-state index contributed by atoms with van der Waals surface area (Å²) in [7, 11) is 0. The van der Waals surface area contributed by atoms with Crippen LogP contribution in [0, 0.1) is 11.3 Å². The van der Waals surface area contributed by atoms with Crippen molar-refractivity contribution < 1.29 is 26.3 Å². The lowest BCUT2D eigenvalue weighted by atomic mass is 10.2. The van der Waals surface area contributed by atoms with Crippen molar-refractivity contribution in [3.8, 4) is 6.07 Å². The lowest BCUT2D eigenvalue weighted by molar-refractivity contribution is -0.137. The van der Waals surface area contributed by atoms with Gasteiger partial charge in [-0.15, -0.1) is 0 Å². The molecule has 0 amide bonds. The molecule has 4 N–H and O–H groups in total. The Morgan fingerprint density at radius 1 is 1.08 bits per heavy atom. The maximum atomic E-state index is 12.6. The largest absolute Gasteiger partial charge is 0.446 e. The maximum Gasteiger partial charge on any atom is 0.446 e. The number of benzene rings is 1. The first-order valence-electron chi connectivity index (χ1n) is 5.82. The molecule has 0 atom stereocenters. The molecule has 0 aliphatic carbocycles. The van der Waals surface area contributed by atoms with Crippen LogP contribution in [-0.4, -0.2) is 11.3 Å². The average Bonchev–Trinajstić information content (AvgIpc) is 2.45. The first-order valence-corrected chi connectivity index (χ1v) is 7.40. The zero-order chi connectivity index (χ0) is 19.6. The highest BCUT2D eigenvalue weighted by atomic mass is 35.5. The number of amidine groups is 1. The summed E-state index contributed by atoms with van der Waals surface area (Å²) in [6, 6.07) is 2.23. The predicted octanol–water partition coefficient (Wildman–Crippen LogP) is 4.95. The fourth-order valence-corrected chi connectivity index (χ4v) is 2.53. The Labute approximate surface area is 151 Å². The van der Waals surface area contributed by atoms with Gasteiger partial charge in [0.05, 0.1) is 20.5 Å². The van der Waals surface area contributed by atoms with Gasteiger partial charge in [-0.2, -0.15) is 31.6 Å². The number of hydrogen-bond acceptors (Lipinski definition) is 4. The minimum absolute atomic E-state index is 0.480. The zero-order valence-corrected chi connectivity index (χ0v) is 14.0. The van der Waals surface area contributed by atoms with Gasteiger partial charge in [0.2, 0.25) is 0 Å². The molecule has 4 nitrogen and oxygen atoms in total. The molecule has 0 saturated heterocycles. The molecule has 136 valence electrons. The number of nitriles is 1. The lowest BCUT2D eigenvalue weighted by Crippen LogP contribution is -2.20. The number of halogens is 8. The van der Waals surface area contributed by atoms with Crippen LogP contribution in [0.4, 0.5) is 32.0 Å². The van der Waals surface area contributed by atoms with Crippen molar-refractivity contribution in [3.63, 3.8) is 0 Å². The number of thioether (sulfide) groups is 1. The van der Waals surface area contributed by atoms with Gasteiger partial charge in [0, 0.05) is 0 Å². The third kappa shape index (κ3) is 5.91. The molecule has 0 unspecified atom stereocenters.